The Morgan fingerprint density at radius 2 is 1.57 bits per heavy atom. The molecule has 0 N–H and O–H groups in total. The quantitative estimate of drug-likeness (QED) is 0.585. The number of hydrogen-bond donors (Lipinski definition) is 0. The minimum absolute atomic E-state index is 0.459. The largest absolute Gasteiger partial charge is 0.129 e. The molecule has 2 aliphatic rings. The monoisotopic (exact) mass is 182 g/mol. The van der Waals surface area contributed by atoms with Gasteiger partial charge in [-0.2, -0.15) is 0 Å². The Morgan fingerprint density at radius 1 is 0.929 bits per heavy atom. The van der Waals surface area contributed by atoms with Crippen molar-refractivity contribution in [2.75, 3.05) is 0 Å². The average molecular weight is 182 g/mol. The van der Waals surface area contributed by atoms with Crippen molar-refractivity contribution in [3.63, 3.8) is 0 Å². The summed E-state index contributed by atoms with van der Waals surface area (Å²) in [4.78, 5) is 0. The Bertz CT molecular complexity index is 333. The normalized spacial score (nSPS) is 19.1. The van der Waals surface area contributed by atoms with Crippen LogP contribution in [0.25, 0.3) is 0 Å². The van der Waals surface area contributed by atoms with Crippen LogP contribution in [0.4, 0.5) is 0 Å². The summed E-state index contributed by atoms with van der Waals surface area (Å²) in [7, 11) is 0. The molecule has 70 valence electrons. The highest BCUT2D eigenvalue weighted by Crippen LogP contribution is 2.13. The second-order valence-electron chi connectivity index (χ2n) is 3.55. The maximum atomic E-state index is 3.23. The smallest absolute Gasteiger partial charge is 0.0209 e. The molecule has 0 unspecified atom stereocenters. The van der Waals surface area contributed by atoms with Crippen LogP contribution in [0.1, 0.15) is 6.42 Å². The molecule has 0 saturated heterocycles. The fraction of sp³-hybridized carbons (Fsp3) is 0.214. The Kier molecular flexibility index (Phi) is 3.00. The van der Waals surface area contributed by atoms with E-state index >= 15 is 0 Å². The fourth-order valence-electron chi connectivity index (χ4n) is 1.58. The van der Waals surface area contributed by atoms with Gasteiger partial charge in [-0.05, 0) is 24.5 Å². The highest BCUT2D eigenvalue weighted by Gasteiger charge is 1.99. The zero-order valence-electron chi connectivity index (χ0n) is 8.14. The summed E-state index contributed by atoms with van der Waals surface area (Å²) in [5.41, 5.74) is 3.23. The molecule has 0 aliphatic heterocycles. The van der Waals surface area contributed by atoms with E-state index in [4.69, 9.17) is 0 Å². The Labute approximate surface area is 85.3 Å². The first kappa shape index (κ1) is 9.05. The minimum Gasteiger partial charge on any atom is -0.129 e. The topological polar surface area (TPSA) is 0 Å². The number of hydrogen-bond acceptors (Lipinski definition) is 0. The van der Waals surface area contributed by atoms with Crippen molar-refractivity contribution in [1.29, 1.82) is 0 Å². The number of allylic oxidation sites excluding steroid dienone is 9. The summed E-state index contributed by atoms with van der Waals surface area (Å²) in [5.74, 6) is 1.05. The maximum absolute atomic E-state index is 3.23. The first-order valence-electron chi connectivity index (χ1n) is 5.06. The molecule has 0 atom stereocenters. The number of rotatable bonds is 3. The summed E-state index contributed by atoms with van der Waals surface area (Å²) in [5, 5.41) is 0. The first-order chi connectivity index (χ1) is 6.95. The summed E-state index contributed by atoms with van der Waals surface area (Å²) < 4.78 is 0. The molecule has 0 amide bonds. The first-order valence-corrected chi connectivity index (χ1v) is 5.06. The van der Waals surface area contributed by atoms with Crippen LogP contribution >= 0.6 is 0 Å². The van der Waals surface area contributed by atoms with Gasteiger partial charge < -0.3 is 0 Å². The standard InChI is InChI=1S/C14H14/c1-2-8-13(7-1)11-5-6-12-14-9-3-4-10-14/h1-5,7-10,12-14H,11H2. The van der Waals surface area contributed by atoms with Crippen molar-refractivity contribution in [3.8, 4) is 0 Å². The van der Waals surface area contributed by atoms with Gasteiger partial charge in [-0.15, -0.1) is 5.73 Å². The van der Waals surface area contributed by atoms with Crippen LogP contribution in [0, 0.1) is 11.8 Å². The van der Waals surface area contributed by atoms with Gasteiger partial charge in [-0.25, -0.2) is 0 Å². The van der Waals surface area contributed by atoms with Gasteiger partial charge in [0.05, 0.1) is 0 Å². The lowest BCUT2D eigenvalue weighted by Crippen LogP contribution is -1.84. The Hall–Kier alpha value is -1.52. The fourth-order valence-corrected chi connectivity index (χ4v) is 1.58. The molecule has 0 fully saturated rings. The van der Waals surface area contributed by atoms with E-state index < -0.39 is 0 Å². The van der Waals surface area contributed by atoms with Crippen LogP contribution < -0.4 is 0 Å². The van der Waals surface area contributed by atoms with Gasteiger partial charge >= 0.3 is 0 Å². The van der Waals surface area contributed by atoms with E-state index in [-0.39, 0.29) is 0 Å². The predicted octanol–water partition coefficient (Wildman–Crippen LogP) is 3.57. The van der Waals surface area contributed by atoms with E-state index in [0.29, 0.717) is 11.8 Å². The molecule has 2 rings (SSSR count). The lowest BCUT2D eigenvalue weighted by molar-refractivity contribution is 0.845. The van der Waals surface area contributed by atoms with E-state index in [2.05, 4.69) is 66.5 Å². The maximum Gasteiger partial charge on any atom is 0.0209 e. The molecule has 0 aromatic rings. The van der Waals surface area contributed by atoms with E-state index in [1.807, 2.05) is 0 Å². The third-order valence-electron chi connectivity index (χ3n) is 2.40. The average Bonchev–Trinajstić information content (AvgIpc) is 2.86. The zero-order chi connectivity index (χ0) is 9.64. The van der Waals surface area contributed by atoms with Crippen molar-refractivity contribution >= 4 is 0 Å². The summed E-state index contributed by atoms with van der Waals surface area (Å²) in [6, 6.07) is 0. The molecular formula is C14H14. The predicted molar refractivity (Wildman–Crippen MR) is 60.8 cm³/mol. The van der Waals surface area contributed by atoms with Crippen LogP contribution in [0.5, 0.6) is 0 Å². The van der Waals surface area contributed by atoms with Crippen LogP contribution in [-0.2, 0) is 0 Å². The van der Waals surface area contributed by atoms with E-state index in [9.17, 15) is 0 Å². The highest BCUT2D eigenvalue weighted by molar-refractivity contribution is 5.23. The van der Waals surface area contributed by atoms with Gasteiger partial charge in [0.15, 0.2) is 0 Å². The third-order valence-corrected chi connectivity index (χ3v) is 2.40. The highest BCUT2D eigenvalue weighted by atomic mass is 14.0. The van der Waals surface area contributed by atoms with E-state index in [1.165, 1.54) is 0 Å². The van der Waals surface area contributed by atoms with Crippen molar-refractivity contribution in [2.24, 2.45) is 11.8 Å². The van der Waals surface area contributed by atoms with Crippen molar-refractivity contribution in [3.05, 3.63) is 66.5 Å². The Balaban J connectivity index is 1.81. The second kappa shape index (κ2) is 4.64. The molecule has 0 heteroatoms. The molecular weight excluding hydrogens is 168 g/mol. The van der Waals surface area contributed by atoms with E-state index in [0.717, 1.165) is 6.42 Å². The third kappa shape index (κ3) is 2.48. The van der Waals surface area contributed by atoms with Gasteiger partial charge in [0.25, 0.3) is 0 Å². The van der Waals surface area contributed by atoms with Gasteiger partial charge in [0, 0.05) is 5.92 Å². The van der Waals surface area contributed by atoms with Crippen LogP contribution in [-0.4, -0.2) is 0 Å². The molecule has 2 aliphatic carbocycles. The molecule has 0 heterocycles. The molecule has 14 heavy (non-hydrogen) atoms. The summed E-state index contributed by atoms with van der Waals surface area (Å²) in [6.07, 6.45) is 22.4. The van der Waals surface area contributed by atoms with Gasteiger partial charge in [-0.1, -0.05) is 48.6 Å². The van der Waals surface area contributed by atoms with Gasteiger partial charge in [0.2, 0.25) is 0 Å². The lowest BCUT2D eigenvalue weighted by Gasteiger charge is -1.96. The molecule has 0 saturated carbocycles. The van der Waals surface area contributed by atoms with Crippen LogP contribution in [0.15, 0.2) is 66.5 Å². The van der Waals surface area contributed by atoms with Gasteiger partial charge in [-0.3, -0.25) is 0 Å². The zero-order valence-corrected chi connectivity index (χ0v) is 8.14. The molecule has 0 aromatic heterocycles. The second-order valence-corrected chi connectivity index (χ2v) is 3.55. The van der Waals surface area contributed by atoms with Crippen LogP contribution in [0.2, 0.25) is 0 Å². The van der Waals surface area contributed by atoms with Crippen molar-refractivity contribution in [1.82, 2.24) is 0 Å². The Morgan fingerprint density at radius 3 is 2.29 bits per heavy atom. The molecule has 0 aromatic carbocycles. The SMILES string of the molecule is C(=CCC1C=CC=C1)=CC1C=CC=C1. The summed E-state index contributed by atoms with van der Waals surface area (Å²) >= 11 is 0. The molecule has 0 spiro atoms. The minimum atomic E-state index is 0.459. The summed E-state index contributed by atoms with van der Waals surface area (Å²) in [6.45, 7) is 0. The molecule has 0 bridgehead atoms. The van der Waals surface area contributed by atoms with Crippen molar-refractivity contribution in [2.45, 2.75) is 6.42 Å². The lowest BCUT2D eigenvalue weighted by atomic mass is 10.1. The van der Waals surface area contributed by atoms with Gasteiger partial charge in [0.1, 0.15) is 0 Å². The van der Waals surface area contributed by atoms with E-state index in [1.54, 1.807) is 0 Å². The van der Waals surface area contributed by atoms with Crippen molar-refractivity contribution < 1.29 is 0 Å². The molecule has 0 radical (unpaired) electrons. The van der Waals surface area contributed by atoms with Crippen LogP contribution in [0.3, 0.4) is 0 Å². The molecule has 0 nitrogen and oxygen atoms in total.